The quantitative estimate of drug-likeness (QED) is 0.145. The van der Waals surface area contributed by atoms with Crippen LogP contribution in [0.3, 0.4) is 0 Å². The highest BCUT2D eigenvalue weighted by Crippen LogP contribution is 2.22. The number of nitrogens with two attached hydrogens (primary N) is 1. The van der Waals surface area contributed by atoms with Gasteiger partial charge < -0.3 is 35.8 Å². The normalized spacial score (nSPS) is 12.2. The number of ether oxygens (including phenoxy) is 2. The average Bonchev–Trinajstić information content (AvgIpc) is 3.04. The molecule has 3 aromatic carbocycles. The summed E-state index contributed by atoms with van der Waals surface area (Å²) >= 11 is 0. The SMILES string of the molecule is CCCN(CCC)C(=O)Cc1cc(CC(N)=O)cc(CC(=O)N[C@@H](Cc2cc(C)ccc2OC)[C@H](O)CNCc2cccc(OC)c2)c1. The van der Waals surface area contributed by atoms with Crippen molar-refractivity contribution in [3.63, 3.8) is 0 Å². The predicted octanol–water partition coefficient (Wildman–Crippen LogP) is 3.65. The molecule has 3 rings (SSSR count). The molecule has 0 unspecified atom stereocenters. The van der Waals surface area contributed by atoms with E-state index in [0.29, 0.717) is 42.9 Å². The summed E-state index contributed by atoms with van der Waals surface area (Å²) in [6.45, 7) is 8.13. The molecule has 0 bridgehead atoms. The maximum absolute atomic E-state index is 13.6. The van der Waals surface area contributed by atoms with Crippen molar-refractivity contribution in [1.29, 1.82) is 0 Å². The molecule has 0 aromatic heterocycles. The number of aliphatic hydroxyl groups is 1. The Balaban J connectivity index is 1.81. The van der Waals surface area contributed by atoms with Crippen molar-refractivity contribution in [2.45, 2.75) is 78.0 Å². The van der Waals surface area contributed by atoms with Crippen molar-refractivity contribution in [3.8, 4) is 11.5 Å². The number of benzene rings is 3. The van der Waals surface area contributed by atoms with E-state index < -0.39 is 18.1 Å². The molecule has 0 aliphatic rings. The van der Waals surface area contributed by atoms with Gasteiger partial charge in [0.1, 0.15) is 11.5 Å². The Morgan fingerprint density at radius 2 is 1.52 bits per heavy atom. The number of rotatable bonds is 20. The van der Waals surface area contributed by atoms with E-state index in [0.717, 1.165) is 40.8 Å². The highest BCUT2D eigenvalue weighted by atomic mass is 16.5. The summed E-state index contributed by atoms with van der Waals surface area (Å²) in [6, 6.07) is 18.3. The van der Waals surface area contributed by atoms with Gasteiger partial charge in [-0.25, -0.2) is 0 Å². The van der Waals surface area contributed by atoms with Crippen molar-refractivity contribution in [2.75, 3.05) is 33.9 Å². The number of aryl methyl sites for hydroxylation is 1. The topological polar surface area (TPSA) is 143 Å². The van der Waals surface area contributed by atoms with Crippen LogP contribution in [0.25, 0.3) is 0 Å². The van der Waals surface area contributed by atoms with E-state index in [4.69, 9.17) is 15.2 Å². The first-order valence-corrected chi connectivity index (χ1v) is 16.7. The van der Waals surface area contributed by atoms with Crippen LogP contribution in [-0.2, 0) is 46.6 Å². The Morgan fingerprint density at radius 1 is 0.854 bits per heavy atom. The van der Waals surface area contributed by atoms with Gasteiger partial charge in [0.25, 0.3) is 0 Å². The second kappa shape index (κ2) is 19.4. The summed E-state index contributed by atoms with van der Waals surface area (Å²) in [7, 11) is 3.21. The van der Waals surface area contributed by atoms with Gasteiger partial charge >= 0.3 is 0 Å². The number of hydrogen-bond donors (Lipinski definition) is 4. The van der Waals surface area contributed by atoms with E-state index in [1.165, 1.54) is 0 Å². The number of carbonyl (C=O) groups excluding carboxylic acids is 3. The molecule has 2 atom stereocenters. The lowest BCUT2D eigenvalue weighted by atomic mass is 9.97. The van der Waals surface area contributed by atoms with Crippen molar-refractivity contribution in [3.05, 3.63) is 94.0 Å². The lowest BCUT2D eigenvalue weighted by Crippen LogP contribution is -2.49. The molecule has 0 aliphatic carbocycles. The van der Waals surface area contributed by atoms with Crippen molar-refractivity contribution >= 4 is 17.7 Å². The fraction of sp³-hybridized carbons (Fsp3) is 0.447. The molecule has 0 saturated heterocycles. The third-order valence-electron chi connectivity index (χ3n) is 8.05. The zero-order valence-electron chi connectivity index (χ0n) is 29.0. The van der Waals surface area contributed by atoms with Gasteiger partial charge in [-0.05, 0) is 72.2 Å². The second-order valence-corrected chi connectivity index (χ2v) is 12.3. The predicted molar refractivity (Wildman–Crippen MR) is 188 cm³/mol. The molecule has 0 radical (unpaired) electrons. The first kappa shape index (κ1) is 38.0. The van der Waals surface area contributed by atoms with Crippen LogP contribution >= 0.6 is 0 Å². The number of nitrogens with one attached hydrogen (secondary N) is 2. The van der Waals surface area contributed by atoms with E-state index in [1.807, 2.05) is 80.3 Å². The average molecular weight is 661 g/mol. The molecule has 3 amide bonds. The maximum atomic E-state index is 13.6. The number of aliphatic hydroxyl groups excluding tert-OH is 1. The lowest BCUT2D eigenvalue weighted by molar-refractivity contribution is -0.130. The number of hydrogen-bond acceptors (Lipinski definition) is 7. The molecule has 10 nitrogen and oxygen atoms in total. The summed E-state index contributed by atoms with van der Waals surface area (Å²) in [5.74, 6) is 0.625. The summed E-state index contributed by atoms with van der Waals surface area (Å²) in [6.07, 6.45) is 1.28. The van der Waals surface area contributed by atoms with Gasteiger partial charge in [0.05, 0.1) is 45.6 Å². The Hall–Kier alpha value is -4.41. The monoisotopic (exact) mass is 660 g/mol. The maximum Gasteiger partial charge on any atom is 0.226 e. The largest absolute Gasteiger partial charge is 0.497 e. The zero-order valence-corrected chi connectivity index (χ0v) is 29.0. The van der Waals surface area contributed by atoms with Gasteiger partial charge in [-0.15, -0.1) is 0 Å². The van der Waals surface area contributed by atoms with Crippen molar-refractivity contribution in [1.82, 2.24) is 15.5 Å². The molecule has 10 heteroatoms. The number of amides is 3. The highest BCUT2D eigenvalue weighted by molar-refractivity contribution is 5.81. The molecule has 0 heterocycles. The molecule has 0 saturated carbocycles. The van der Waals surface area contributed by atoms with Crippen LogP contribution in [0, 0.1) is 6.92 Å². The first-order valence-electron chi connectivity index (χ1n) is 16.7. The van der Waals surface area contributed by atoms with Crippen molar-refractivity contribution < 1.29 is 29.0 Å². The fourth-order valence-electron chi connectivity index (χ4n) is 5.85. The van der Waals surface area contributed by atoms with E-state index >= 15 is 0 Å². The number of nitrogens with zero attached hydrogens (tertiary/aromatic N) is 1. The second-order valence-electron chi connectivity index (χ2n) is 12.3. The molecular weight excluding hydrogens is 608 g/mol. The number of methoxy groups -OCH3 is 2. The molecular formula is C38H52N4O6. The Bertz CT molecular complexity index is 1500. The summed E-state index contributed by atoms with van der Waals surface area (Å²) in [4.78, 5) is 40.4. The third-order valence-corrected chi connectivity index (χ3v) is 8.05. The fourth-order valence-corrected chi connectivity index (χ4v) is 5.85. The lowest BCUT2D eigenvalue weighted by Gasteiger charge is -2.26. The van der Waals surface area contributed by atoms with Crippen molar-refractivity contribution in [2.24, 2.45) is 5.73 Å². The first-order chi connectivity index (χ1) is 23.0. The molecule has 5 N–H and O–H groups in total. The van der Waals surface area contributed by atoms with Gasteiger partial charge in [0.2, 0.25) is 17.7 Å². The van der Waals surface area contributed by atoms with Gasteiger partial charge in [-0.1, -0.05) is 61.9 Å². The van der Waals surface area contributed by atoms with E-state index in [1.54, 1.807) is 20.3 Å². The highest BCUT2D eigenvalue weighted by Gasteiger charge is 2.24. The van der Waals surface area contributed by atoms with Crippen LogP contribution in [0.15, 0.2) is 60.7 Å². The van der Waals surface area contributed by atoms with Gasteiger partial charge in [-0.3, -0.25) is 14.4 Å². The summed E-state index contributed by atoms with van der Waals surface area (Å²) < 4.78 is 10.9. The molecule has 0 aliphatic heterocycles. The van der Waals surface area contributed by atoms with E-state index in [2.05, 4.69) is 10.6 Å². The van der Waals surface area contributed by atoms with Crippen LogP contribution in [0.4, 0.5) is 0 Å². The number of carbonyl (C=O) groups is 3. The Kier molecular flexibility index (Phi) is 15.4. The minimum Gasteiger partial charge on any atom is -0.497 e. The molecule has 0 fully saturated rings. The van der Waals surface area contributed by atoms with E-state index in [9.17, 15) is 19.5 Å². The molecule has 48 heavy (non-hydrogen) atoms. The minimum atomic E-state index is -0.928. The van der Waals surface area contributed by atoms with Gasteiger partial charge in [0, 0.05) is 26.2 Å². The summed E-state index contributed by atoms with van der Waals surface area (Å²) in [5, 5.41) is 17.7. The van der Waals surface area contributed by atoms with Crippen LogP contribution in [-0.4, -0.2) is 73.7 Å². The Labute approximate surface area is 285 Å². The zero-order chi connectivity index (χ0) is 35.1. The smallest absolute Gasteiger partial charge is 0.226 e. The molecule has 3 aromatic rings. The molecule has 260 valence electrons. The minimum absolute atomic E-state index is 0.00191. The van der Waals surface area contributed by atoms with E-state index in [-0.39, 0.29) is 37.6 Å². The number of primary amides is 1. The van der Waals surface area contributed by atoms with Gasteiger partial charge in [-0.2, -0.15) is 0 Å². The van der Waals surface area contributed by atoms with Crippen LogP contribution in [0.1, 0.15) is 60.1 Å². The van der Waals surface area contributed by atoms with Crippen LogP contribution in [0.2, 0.25) is 0 Å². The molecule has 0 spiro atoms. The summed E-state index contributed by atoms with van der Waals surface area (Å²) in [5.41, 5.74) is 10.4. The standard InChI is InChI=1S/C38H52N4O6/c1-6-13-42(14-7-2)38(46)22-30-17-28(20-36(39)44)16-29(18-30)21-37(45)41-33(23-31-15-26(3)11-12-35(31)48-5)34(43)25-40-24-27-9-8-10-32(19-27)47-4/h8-12,15-19,33-34,40,43H,6-7,13-14,20-25H2,1-5H3,(H2,39,44)(H,41,45)/t33-,34+/m0/s1. The Morgan fingerprint density at radius 3 is 2.15 bits per heavy atom. The van der Waals surface area contributed by atoms with Gasteiger partial charge in [0.15, 0.2) is 0 Å². The third kappa shape index (κ3) is 12.3. The van der Waals surface area contributed by atoms with Crippen LogP contribution in [0.5, 0.6) is 11.5 Å². The van der Waals surface area contributed by atoms with Crippen LogP contribution < -0.4 is 25.8 Å².